The third kappa shape index (κ3) is 4.48. The summed E-state index contributed by atoms with van der Waals surface area (Å²) in [5.41, 5.74) is 10.6. The largest absolute Gasteiger partial charge is 0.478 e. The smallest absolute Gasteiger partial charge is 0.389 e. The minimum atomic E-state index is -4.21. The first-order valence-electron chi connectivity index (χ1n) is 5.04. The zero-order valence-corrected chi connectivity index (χ0v) is 9.33. The molecule has 0 saturated heterocycles. The Morgan fingerprint density at radius 3 is 2.67 bits per heavy atom. The van der Waals surface area contributed by atoms with E-state index in [1.54, 1.807) is 0 Å². The van der Waals surface area contributed by atoms with Crippen LogP contribution in [-0.4, -0.2) is 23.7 Å². The molecule has 1 rings (SSSR count). The number of ether oxygens (including phenoxy) is 1. The maximum absolute atomic E-state index is 11.9. The Morgan fingerprint density at radius 2 is 2.11 bits per heavy atom. The number of rotatable bonds is 5. The number of hydrogen-bond donors (Lipinski definition) is 2. The van der Waals surface area contributed by atoms with Crippen LogP contribution < -0.4 is 16.2 Å². The highest BCUT2D eigenvalue weighted by atomic mass is 19.4. The van der Waals surface area contributed by atoms with E-state index in [9.17, 15) is 18.0 Å². The Morgan fingerprint density at radius 1 is 1.44 bits per heavy atom. The number of carbonyl (C=O) groups excluding carboxylic acids is 1. The number of aromatic nitrogens is 1. The average Bonchev–Trinajstić information content (AvgIpc) is 2.24. The molecule has 0 saturated carbocycles. The summed E-state index contributed by atoms with van der Waals surface area (Å²) in [5, 5.41) is 0. The maximum atomic E-state index is 11.9. The highest BCUT2D eigenvalue weighted by molar-refractivity contribution is 5.97. The van der Waals surface area contributed by atoms with Gasteiger partial charge in [-0.25, -0.2) is 4.98 Å². The summed E-state index contributed by atoms with van der Waals surface area (Å²) >= 11 is 0. The molecule has 8 heteroatoms. The standard InChI is InChI=1S/C10H12F3N3O2/c11-10(12,13)2-1-3-18-8-4-6(9(15)17)7(14)5-16-8/h4-5H,1-3,14H2,(H2,15,17). The molecule has 1 heterocycles. The average molecular weight is 263 g/mol. The van der Waals surface area contributed by atoms with Gasteiger partial charge in [0.2, 0.25) is 5.88 Å². The lowest BCUT2D eigenvalue weighted by molar-refractivity contribution is -0.136. The number of anilines is 1. The van der Waals surface area contributed by atoms with Crippen molar-refractivity contribution >= 4 is 11.6 Å². The lowest BCUT2D eigenvalue weighted by atomic mass is 10.2. The Bertz CT molecular complexity index is 435. The highest BCUT2D eigenvalue weighted by Crippen LogP contribution is 2.21. The van der Waals surface area contributed by atoms with Crippen molar-refractivity contribution in [2.75, 3.05) is 12.3 Å². The first kappa shape index (κ1) is 14.1. The van der Waals surface area contributed by atoms with Crippen molar-refractivity contribution < 1.29 is 22.7 Å². The number of pyridine rings is 1. The predicted molar refractivity (Wildman–Crippen MR) is 58.0 cm³/mol. The first-order chi connectivity index (χ1) is 8.29. The van der Waals surface area contributed by atoms with Gasteiger partial charge in [0.1, 0.15) is 0 Å². The van der Waals surface area contributed by atoms with Crippen LogP contribution in [0.1, 0.15) is 23.2 Å². The molecule has 0 fully saturated rings. The lowest BCUT2D eigenvalue weighted by Crippen LogP contribution is -2.14. The van der Waals surface area contributed by atoms with Crippen molar-refractivity contribution in [2.45, 2.75) is 19.0 Å². The summed E-state index contributed by atoms with van der Waals surface area (Å²) in [6.07, 6.45) is -4.18. The van der Waals surface area contributed by atoms with Gasteiger partial charge in [0.05, 0.1) is 24.1 Å². The van der Waals surface area contributed by atoms with E-state index in [0.29, 0.717) is 0 Å². The zero-order chi connectivity index (χ0) is 13.8. The van der Waals surface area contributed by atoms with Gasteiger partial charge < -0.3 is 16.2 Å². The van der Waals surface area contributed by atoms with Gasteiger partial charge in [-0.1, -0.05) is 0 Å². The van der Waals surface area contributed by atoms with Gasteiger partial charge in [0, 0.05) is 12.5 Å². The van der Waals surface area contributed by atoms with Gasteiger partial charge in [-0.2, -0.15) is 13.2 Å². The van der Waals surface area contributed by atoms with Crippen LogP contribution in [0.25, 0.3) is 0 Å². The Labute approximate surface area is 101 Å². The van der Waals surface area contributed by atoms with Crippen LogP contribution in [0.5, 0.6) is 5.88 Å². The molecule has 0 spiro atoms. The van der Waals surface area contributed by atoms with E-state index in [-0.39, 0.29) is 30.2 Å². The third-order valence-corrected chi connectivity index (χ3v) is 2.03. The molecule has 5 nitrogen and oxygen atoms in total. The molecular weight excluding hydrogens is 251 g/mol. The molecule has 4 N–H and O–H groups in total. The van der Waals surface area contributed by atoms with E-state index in [1.165, 1.54) is 12.3 Å². The van der Waals surface area contributed by atoms with E-state index in [1.807, 2.05) is 0 Å². The van der Waals surface area contributed by atoms with Crippen molar-refractivity contribution in [3.63, 3.8) is 0 Å². The Balaban J connectivity index is 2.53. The van der Waals surface area contributed by atoms with E-state index in [0.717, 1.165) is 0 Å². The van der Waals surface area contributed by atoms with Crippen LogP contribution >= 0.6 is 0 Å². The van der Waals surface area contributed by atoms with E-state index in [2.05, 4.69) is 4.98 Å². The number of primary amides is 1. The molecule has 100 valence electrons. The minimum Gasteiger partial charge on any atom is -0.478 e. The molecule has 0 aliphatic rings. The molecule has 0 radical (unpaired) electrons. The van der Waals surface area contributed by atoms with Gasteiger partial charge in [-0.3, -0.25) is 4.79 Å². The molecule has 1 aromatic heterocycles. The van der Waals surface area contributed by atoms with Crippen molar-refractivity contribution in [3.05, 3.63) is 17.8 Å². The molecular formula is C10H12F3N3O2. The summed E-state index contributed by atoms with van der Waals surface area (Å²) in [4.78, 5) is 14.7. The summed E-state index contributed by atoms with van der Waals surface area (Å²) in [6.45, 7) is -0.158. The number of nitrogens with two attached hydrogens (primary N) is 2. The Hall–Kier alpha value is -1.99. The molecule has 1 aromatic rings. The minimum absolute atomic E-state index is 0.0141. The molecule has 18 heavy (non-hydrogen) atoms. The monoisotopic (exact) mass is 263 g/mol. The van der Waals surface area contributed by atoms with Gasteiger partial charge in [-0.05, 0) is 6.42 Å². The van der Waals surface area contributed by atoms with Crippen LogP contribution in [0.2, 0.25) is 0 Å². The van der Waals surface area contributed by atoms with Crippen LogP contribution in [0.15, 0.2) is 12.3 Å². The van der Waals surface area contributed by atoms with Crippen LogP contribution in [0.4, 0.5) is 18.9 Å². The summed E-state index contributed by atoms with van der Waals surface area (Å²) in [6, 6.07) is 1.20. The molecule has 0 aliphatic carbocycles. The second-order valence-electron chi connectivity index (χ2n) is 3.54. The van der Waals surface area contributed by atoms with Crippen molar-refractivity contribution in [3.8, 4) is 5.88 Å². The van der Waals surface area contributed by atoms with Crippen LogP contribution in [0.3, 0.4) is 0 Å². The van der Waals surface area contributed by atoms with E-state index in [4.69, 9.17) is 16.2 Å². The Kier molecular flexibility index (Phi) is 4.35. The number of carbonyl (C=O) groups is 1. The molecule has 0 bridgehead atoms. The third-order valence-electron chi connectivity index (χ3n) is 2.03. The van der Waals surface area contributed by atoms with Crippen molar-refractivity contribution in [1.29, 1.82) is 0 Å². The summed E-state index contributed by atoms with van der Waals surface area (Å²) in [7, 11) is 0. The van der Waals surface area contributed by atoms with Crippen molar-refractivity contribution in [2.24, 2.45) is 5.73 Å². The zero-order valence-electron chi connectivity index (χ0n) is 9.33. The van der Waals surface area contributed by atoms with Crippen molar-refractivity contribution in [1.82, 2.24) is 4.98 Å². The second kappa shape index (κ2) is 5.56. The van der Waals surface area contributed by atoms with Gasteiger partial charge >= 0.3 is 6.18 Å². The first-order valence-corrected chi connectivity index (χ1v) is 5.04. The number of hydrogen-bond acceptors (Lipinski definition) is 4. The topological polar surface area (TPSA) is 91.2 Å². The molecule has 0 aliphatic heterocycles. The number of alkyl halides is 3. The fraction of sp³-hybridized carbons (Fsp3) is 0.400. The molecule has 0 atom stereocenters. The lowest BCUT2D eigenvalue weighted by Gasteiger charge is -2.08. The van der Waals surface area contributed by atoms with E-state index < -0.39 is 18.5 Å². The quantitative estimate of drug-likeness (QED) is 0.787. The van der Waals surface area contributed by atoms with Crippen LogP contribution in [-0.2, 0) is 0 Å². The predicted octanol–water partition coefficient (Wildman–Crippen LogP) is 1.48. The maximum Gasteiger partial charge on any atom is 0.389 e. The summed E-state index contributed by atoms with van der Waals surface area (Å²) < 4.78 is 40.5. The number of amides is 1. The molecule has 0 unspecified atom stereocenters. The highest BCUT2D eigenvalue weighted by Gasteiger charge is 2.26. The number of nitrogen functional groups attached to an aromatic ring is 1. The van der Waals surface area contributed by atoms with Gasteiger partial charge in [0.25, 0.3) is 5.91 Å². The van der Waals surface area contributed by atoms with E-state index >= 15 is 0 Å². The molecule has 1 amide bonds. The molecule has 0 aromatic carbocycles. The summed E-state index contributed by atoms with van der Waals surface area (Å²) in [5.74, 6) is -0.741. The van der Waals surface area contributed by atoms with Gasteiger partial charge in [-0.15, -0.1) is 0 Å². The fourth-order valence-corrected chi connectivity index (χ4v) is 1.19. The van der Waals surface area contributed by atoms with Crippen LogP contribution in [0, 0.1) is 0 Å². The SMILES string of the molecule is NC(=O)c1cc(OCCCC(F)(F)F)ncc1N. The number of nitrogens with zero attached hydrogens (tertiary/aromatic N) is 1. The normalized spacial score (nSPS) is 11.3. The second-order valence-corrected chi connectivity index (χ2v) is 3.54. The fourth-order valence-electron chi connectivity index (χ4n) is 1.19. The van der Waals surface area contributed by atoms with Gasteiger partial charge in [0.15, 0.2) is 0 Å². The number of halogens is 3.